The van der Waals surface area contributed by atoms with Crippen molar-refractivity contribution in [3.05, 3.63) is 77.1 Å². The summed E-state index contributed by atoms with van der Waals surface area (Å²) in [6.07, 6.45) is -12.2. The van der Waals surface area contributed by atoms with Gasteiger partial charge < -0.3 is 24.6 Å². The number of hydrogen-bond acceptors (Lipinski definition) is 8. The summed E-state index contributed by atoms with van der Waals surface area (Å²) in [5.41, 5.74) is -8.25. The number of carbonyl (C=O) groups excluding carboxylic acids is 3. The minimum atomic E-state index is -6.12. The molecule has 1 aliphatic heterocycles. The van der Waals surface area contributed by atoms with Crippen molar-refractivity contribution < 1.29 is 60.0 Å². The SMILES string of the molecule is CCCc1nc(C(O)(C(F)(F)F)C(F)(F)F)ccc1Oc1ccc(C(=O)CN2C(=O)NC(C)(c3ccc(OC(C)C)cc3)C2=O)c(OC)c1. The van der Waals surface area contributed by atoms with E-state index in [1.165, 1.54) is 32.2 Å². The van der Waals surface area contributed by atoms with Gasteiger partial charge in [-0.25, -0.2) is 4.79 Å². The number of ketones is 1. The van der Waals surface area contributed by atoms with Crippen molar-refractivity contribution in [2.45, 2.75) is 70.1 Å². The maximum atomic E-state index is 13.4. The summed E-state index contributed by atoms with van der Waals surface area (Å²) in [6.45, 7) is 6.17. The van der Waals surface area contributed by atoms with Crippen LogP contribution in [-0.2, 0) is 22.4 Å². The molecule has 0 spiro atoms. The Morgan fingerprint density at radius 2 is 1.57 bits per heavy atom. The number of Topliss-reactive ketones (excluding diaryl/α,β-unsaturated/α-hetero) is 1. The van der Waals surface area contributed by atoms with Crippen molar-refractivity contribution in [2.75, 3.05) is 13.7 Å². The summed E-state index contributed by atoms with van der Waals surface area (Å²) in [4.78, 5) is 43.9. The monoisotopic (exact) mass is 697 g/mol. The number of hydrogen-bond donors (Lipinski definition) is 2. The summed E-state index contributed by atoms with van der Waals surface area (Å²) < 4.78 is 97.3. The molecule has 0 radical (unpaired) electrons. The number of alkyl halides is 6. The molecule has 0 saturated carbocycles. The van der Waals surface area contributed by atoms with Crippen LogP contribution in [0.3, 0.4) is 0 Å². The summed E-state index contributed by atoms with van der Waals surface area (Å²) in [6, 6.07) is 10.7. The molecule has 2 heterocycles. The zero-order valence-electron chi connectivity index (χ0n) is 27.0. The number of pyridine rings is 1. The van der Waals surface area contributed by atoms with Crippen LogP contribution < -0.4 is 19.5 Å². The fourth-order valence-corrected chi connectivity index (χ4v) is 5.15. The maximum Gasteiger partial charge on any atom is 0.432 e. The highest BCUT2D eigenvalue weighted by Crippen LogP contribution is 2.50. The lowest BCUT2D eigenvalue weighted by Gasteiger charge is -2.32. The quantitative estimate of drug-likeness (QED) is 0.123. The predicted octanol–water partition coefficient (Wildman–Crippen LogP) is 6.58. The van der Waals surface area contributed by atoms with E-state index < -0.39 is 53.5 Å². The van der Waals surface area contributed by atoms with Crippen LogP contribution in [-0.4, -0.2) is 64.8 Å². The molecule has 4 rings (SSSR count). The Labute approximate surface area is 277 Å². The second kappa shape index (κ2) is 13.6. The third-order valence-corrected chi connectivity index (χ3v) is 7.69. The van der Waals surface area contributed by atoms with Crippen molar-refractivity contribution in [1.29, 1.82) is 0 Å². The average Bonchev–Trinajstić information content (AvgIpc) is 3.23. The molecule has 3 aromatic rings. The molecule has 264 valence electrons. The minimum Gasteiger partial charge on any atom is -0.496 e. The first-order chi connectivity index (χ1) is 22.8. The number of nitrogens with zero attached hydrogens (tertiary/aromatic N) is 2. The van der Waals surface area contributed by atoms with Crippen LogP contribution in [0, 0.1) is 0 Å². The van der Waals surface area contributed by atoms with E-state index in [1.54, 1.807) is 31.2 Å². The number of amides is 3. The van der Waals surface area contributed by atoms with Crippen LogP contribution in [0.25, 0.3) is 0 Å². The van der Waals surface area contributed by atoms with E-state index in [0.29, 0.717) is 17.4 Å². The number of ether oxygens (including phenoxy) is 3. The molecule has 10 nitrogen and oxygen atoms in total. The van der Waals surface area contributed by atoms with Crippen molar-refractivity contribution >= 4 is 17.7 Å². The molecule has 2 N–H and O–H groups in total. The van der Waals surface area contributed by atoms with Gasteiger partial charge in [0.15, 0.2) is 5.78 Å². The standard InChI is InChI=1S/C33H33F6N3O7/c1-6-7-23-25(14-15-27(40-23)31(46,32(34,35)36)33(37,38)39)49-21-12-13-22(26(16-21)47-5)24(43)17-42-28(44)30(4,41-29(42)45)19-8-10-20(11-9-19)48-18(2)3/h8-16,18,46H,6-7,17H2,1-5H3,(H,41,45). The molecule has 1 saturated heterocycles. The number of aromatic nitrogens is 1. The van der Waals surface area contributed by atoms with Gasteiger partial charge in [0, 0.05) is 6.07 Å². The van der Waals surface area contributed by atoms with Gasteiger partial charge in [-0.3, -0.25) is 19.5 Å². The van der Waals surface area contributed by atoms with Crippen molar-refractivity contribution in [2.24, 2.45) is 0 Å². The lowest BCUT2D eigenvalue weighted by Crippen LogP contribution is -2.54. The number of carbonyl (C=O) groups is 3. The van der Waals surface area contributed by atoms with Crippen LogP contribution in [0.2, 0.25) is 0 Å². The molecule has 1 aliphatic rings. The first-order valence-corrected chi connectivity index (χ1v) is 14.9. The van der Waals surface area contributed by atoms with Crippen molar-refractivity contribution in [3.8, 4) is 23.0 Å². The zero-order chi connectivity index (χ0) is 36.5. The Balaban J connectivity index is 1.56. The van der Waals surface area contributed by atoms with Crippen LogP contribution in [0.15, 0.2) is 54.6 Å². The van der Waals surface area contributed by atoms with E-state index in [9.17, 15) is 45.8 Å². The first kappa shape index (κ1) is 37.0. The van der Waals surface area contributed by atoms with E-state index in [-0.39, 0.29) is 47.5 Å². The van der Waals surface area contributed by atoms with Gasteiger partial charge >= 0.3 is 18.4 Å². The molecular weight excluding hydrogens is 664 g/mol. The molecular formula is C33H33F6N3O7. The van der Waals surface area contributed by atoms with E-state index >= 15 is 0 Å². The Kier molecular flexibility index (Phi) is 10.2. The van der Waals surface area contributed by atoms with Gasteiger partial charge in [-0.2, -0.15) is 26.3 Å². The summed E-state index contributed by atoms with van der Waals surface area (Å²) in [7, 11) is 1.22. The molecule has 2 aromatic carbocycles. The first-order valence-electron chi connectivity index (χ1n) is 14.9. The number of methoxy groups -OCH3 is 1. The van der Waals surface area contributed by atoms with Gasteiger partial charge in [-0.1, -0.05) is 25.5 Å². The molecule has 3 amide bonds. The summed E-state index contributed by atoms with van der Waals surface area (Å²) in [5, 5.41) is 12.4. The fraction of sp³-hybridized carbons (Fsp3) is 0.394. The topological polar surface area (TPSA) is 127 Å². The van der Waals surface area contributed by atoms with E-state index in [0.717, 1.165) is 11.0 Å². The summed E-state index contributed by atoms with van der Waals surface area (Å²) in [5.74, 6) is -1.10. The number of aliphatic hydroxyl groups is 1. The number of nitrogens with one attached hydrogen (secondary N) is 1. The van der Waals surface area contributed by atoms with Crippen LogP contribution >= 0.6 is 0 Å². The molecule has 49 heavy (non-hydrogen) atoms. The number of benzene rings is 2. The highest BCUT2D eigenvalue weighted by Gasteiger charge is 2.72. The molecule has 16 heteroatoms. The van der Waals surface area contributed by atoms with Gasteiger partial charge in [-0.05, 0) is 69.2 Å². The maximum absolute atomic E-state index is 13.4. The Hall–Kier alpha value is -4.86. The molecule has 0 bridgehead atoms. The second-order valence-electron chi connectivity index (χ2n) is 11.6. The largest absolute Gasteiger partial charge is 0.496 e. The van der Waals surface area contributed by atoms with Gasteiger partial charge in [0.2, 0.25) is 0 Å². The third kappa shape index (κ3) is 7.14. The van der Waals surface area contributed by atoms with Gasteiger partial charge in [0.25, 0.3) is 11.5 Å². The lowest BCUT2D eigenvalue weighted by atomic mass is 9.92. The fourth-order valence-electron chi connectivity index (χ4n) is 5.15. The third-order valence-electron chi connectivity index (χ3n) is 7.69. The van der Waals surface area contributed by atoms with Crippen molar-refractivity contribution in [3.63, 3.8) is 0 Å². The van der Waals surface area contributed by atoms with Crippen LogP contribution in [0.1, 0.15) is 61.4 Å². The van der Waals surface area contributed by atoms with Gasteiger partial charge in [-0.15, -0.1) is 0 Å². The number of imide groups is 1. The van der Waals surface area contributed by atoms with Gasteiger partial charge in [0.1, 0.15) is 28.5 Å². The molecule has 1 unspecified atom stereocenters. The number of rotatable bonds is 12. The number of aryl methyl sites for hydroxylation is 1. The highest BCUT2D eigenvalue weighted by atomic mass is 19.4. The Morgan fingerprint density at radius 3 is 2.12 bits per heavy atom. The lowest BCUT2D eigenvalue weighted by molar-refractivity contribution is -0.377. The normalized spacial score (nSPS) is 17.0. The Bertz CT molecular complexity index is 1710. The molecule has 1 aromatic heterocycles. The Morgan fingerprint density at radius 1 is 0.959 bits per heavy atom. The van der Waals surface area contributed by atoms with Crippen molar-refractivity contribution in [1.82, 2.24) is 15.2 Å². The predicted molar refractivity (Wildman–Crippen MR) is 161 cm³/mol. The van der Waals surface area contributed by atoms with Gasteiger partial charge in [0.05, 0.1) is 36.7 Å². The highest BCUT2D eigenvalue weighted by molar-refractivity contribution is 6.11. The molecule has 0 aliphatic carbocycles. The number of halogens is 6. The zero-order valence-corrected chi connectivity index (χ0v) is 27.0. The summed E-state index contributed by atoms with van der Waals surface area (Å²) >= 11 is 0. The molecule has 1 fully saturated rings. The number of urea groups is 1. The van der Waals surface area contributed by atoms with E-state index in [4.69, 9.17) is 14.2 Å². The van der Waals surface area contributed by atoms with E-state index in [2.05, 4.69) is 10.3 Å². The van der Waals surface area contributed by atoms with Crippen LogP contribution in [0.5, 0.6) is 23.0 Å². The smallest absolute Gasteiger partial charge is 0.432 e. The van der Waals surface area contributed by atoms with E-state index in [1.807, 2.05) is 13.8 Å². The average molecular weight is 698 g/mol. The second-order valence-corrected chi connectivity index (χ2v) is 11.6. The minimum absolute atomic E-state index is 0.0327. The van der Waals surface area contributed by atoms with Crippen LogP contribution in [0.4, 0.5) is 31.1 Å². The molecule has 1 atom stereocenters.